The van der Waals surface area contributed by atoms with Crippen LogP contribution in [-0.4, -0.2) is 32.5 Å². The predicted molar refractivity (Wildman–Crippen MR) is 78.2 cm³/mol. The van der Waals surface area contributed by atoms with E-state index in [0.29, 0.717) is 6.61 Å². The molecule has 0 aromatic carbocycles. The molecule has 0 amide bonds. The molecule has 1 aliphatic rings. The smallest absolute Gasteiger partial charge is 0.0620 e. The van der Waals surface area contributed by atoms with E-state index in [0.717, 1.165) is 18.9 Å². The molecular weight excluding hydrogens is 224 g/mol. The number of aliphatic imine (C=N–C) groups is 1. The normalized spacial score (nSPS) is 20.5. The van der Waals surface area contributed by atoms with E-state index < -0.39 is 0 Å². The van der Waals surface area contributed by atoms with Crippen LogP contribution in [0, 0.1) is 5.92 Å². The lowest BCUT2D eigenvalue weighted by Gasteiger charge is -2.22. The summed E-state index contributed by atoms with van der Waals surface area (Å²) in [6, 6.07) is 0.0813. The summed E-state index contributed by atoms with van der Waals surface area (Å²) in [6.07, 6.45) is 11.6. The van der Waals surface area contributed by atoms with Gasteiger partial charge in [-0.1, -0.05) is 25.3 Å². The van der Waals surface area contributed by atoms with E-state index in [1.807, 2.05) is 13.1 Å². The fraction of sp³-hybridized carbons (Fsp3) is 0.800. The van der Waals surface area contributed by atoms with Gasteiger partial charge in [-0.05, 0) is 37.7 Å². The van der Waals surface area contributed by atoms with Gasteiger partial charge in [0.1, 0.15) is 0 Å². The molecule has 1 atom stereocenters. The van der Waals surface area contributed by atoms with Crippen LogP contribution in [0.25, 0.3) is 0 Å². The molecule has 0 unspecified atom stereocenters. The summed E-state index contributed by atoms with van der Waals surface area (Å²) < 4.78 is 5.76. The van der Waals surface area contributed by atoms with Crippen LogP contribution in [0.2, 0.25) is 0 Å². The number of hydrogen-bond acceptors (Lipinski definition) is 3. The van der Waals surface area contributed by atoms with Crippen molar-refractivity contribution in [3.8, 4) is 0 Å². The quantitative estimate of drug-likeness (QED) is 0.708. The molecule has 1 fully saturated rings. The second-order valence-electron chi connectivity index (χ2n) is 5.26. The highest BCUT2D eigenvalue weighted by Crippen LogP contribution is 2.23. The maximum absolute atomic E-state index is 6.07. The molecule has 18 heavy (non-hydrogen) atoms. The van der Waals surface area contributed by atoms with E-state index in [2.05, 4.69) is 11.1 Å². The van der Waals surface area contributed by atoms with E-state index in [-0.39, 0.29) is 6.04 Å². The third kappa shape index (κ3) is 6.31. The number of allylic oxidation sites excluding steroid dienone is 1. The van der Waals surface area contributed by atoms with Crippen molar-refractivity contribution in [1.82, 2.24) is 0 Å². The standard InChI is InChI=1S/C15H28N2O/c1-3-13(10-17-2)9-15(16)12-18-11-14-7-5-4-6-8-14/h3,10,14-15H,4-9,11-12,16H2,1-2H3/b13-3-,17-10-/t15-/m0/s1. The molecular formula is C15H28N2O. The Morgan fingerprint density at radius 3 is 2.72 bits per heavy atom. The minimum Gasteiger partial charge on any atom is -0.380 e. The fourth-order valence-corrected chi connectivity index (χ4v) is 2.51. The van der Waals surface area contributed by atoms with E-state index in [1.54, 1.807) is 7.05 Å². The summed E-state index contributed by atoms with van der Waals surface area (Å²) in [5.41, 5.74) is 7.25. The fourth-order valence-electron chi connectivity index (χ4n) is 2.51. The Morgan fingerprint density at radius 1 is 1.39 bits per heavy atom. The van der Waals surface area contributed by atoms with Crippen LogP contribution in [-0.2, 0) is 4.74 Å². The van der Waals surface area contributed by atoms with Crippen molar-refractivity contribution in [3.63, 3.8) is 0 Å². The van der Waals surface area contributed by atoms with Crippen molar-refractivity contribution in [2.45, 2.75) is 51.5 Å². The van der Waals surface area contributed by atoms with Crippen molar-refractivity contribution in [1.29, 1.82) is 0 Å². The highest BCUT2D eigenvalue weighted by molar-refractivity contribution is 5.78. The first kappa shape index (κ1) is 15.4. The average molecular weight is 252 g/mol. The molecule has 1 rings (SSSR count). The Hall–Kier alpha value is -0.670. The van der Waals surface area contributed by atoms with Crippen LogP contribution in [0.3, 0.4) is 0 Å². The van der Waals surface area contributed by atoms with E-state index in [9.17, 15) is 0 Å². The second kappa shape index (κ2) is 9.29. The van der Waals surface area contributed by atoms with E-state index in [1.165, 1.54) is 37.7 Å². The summed E-state index contributed by atoms with van der Waals surface area (Å²) in [4.78, 5) is 4.02. The van der Waals surface area contributed by atoms with E-state index >= 15 is 0 Å². The van der Waals surface area contributed by atoms with Gasteiger partial charge in [0.05, 0.1) is 6.61 Å². The van der Waals surface area contributed by atoms with Gasteiger partial charge in [-0.2, -0.15) is 0 Å². The monoisotopic (exact) mass is 252 g/mol. The van der Waals surface area contributed by atoms with Gasteiger partial charge >= 0.3 is 0 Å². The molecule has 0 radical (unpaired) electrons. The number of nitrogens with zero attached hydrogens (tertiary/aromatic N) is 1. The highest BCUT2D eigenvalue weighted by Gasteiger charge is 2.14. The first-order chi connectivity index (χ1) is 8.76. The third-order valence-corrected chi connectivity index (χ3v) is 3.57. The molecule has 3 nitrogen and oxygen atoms in total. The van der Waals surface area contributed by atoms with Crippen molar-refractivity contribution in [2.75, 3.05) is 20.3 Å². The van der Waals surface area contributed by atoms with Gasteiger partial charge in [0.2, 0.25) is 0 Å². The molecule has 2 N–H and O–H groups in total. The molecule has 3 heteroatoms. The lowest BCUT2D eigenvalue weighted by Crippen LogP contribution is -2.28. The largest absolute Gasteiger partial charge is 0.380 e. The lowest BCUT2D eigenvalue weighted by molar-refractivity contribution is 0.0762. The maximum Gasteiger partial charge on any atom is 0.0620 e. The second-order valence-corrected chi connectivity index (χ2v) is 5.26. The molecule has 0 aliphatic heterocycles. The minimum atomic E-state index is 0.0813. The predicted octanol–water partition coefficient (Wildman–Crippen LogP) is 2.95. The average Bonchev–Trinajstić information content (AvgIpc) is 2.39. The Kier molecular flexibility index (Phi) is 7.94. The zero-order valence-electron chi connectivity index (χ0n) is 11.9. The molecule has 104 valence electrons. The van der Waals surface area contributed by atoms with Crippen molar-refractivity contribution in [3.05, 3.63) is 11.6 Å². The molecule has 0 saturated heterocycles. The zero-order valence-corrected chi connectivity index (χ0v) is 11.9. The van der Waals surface area contributed by atoms with Crippen LogP contribution < -0.4 is 5.73 Å². The first-order valence-electron chi connectivity index (χ1n) is 7.17. The molecule has 0 spiro atoms. The van der Waals surface area contributed by atoms with Crippen molar-refractivity contribution in [2.24, 2.45) is 16.6 Å². The van der Waals surface area contributed by atoms with Crippen LogP contribution in [0.5, 0.6) is 0 Å². The topological polar surface area (TPSA) is 47.6 Å². The molecule has 1 saturated carbocycles. The van der Waals surface area contributed by atoms with Crippen LogP contribution in [0.1, 0.15) is 45.4 Å². The van der Waals surface area contributed by atoms with E-state index in [4.69, 9.17) is 10.5 Å². The van der Waals surface area contributed by atoms with Crippen molar-refractivity contribution < 1.29 is 4.74 Å². The van der Waals surface area contributed by atoms with Gasteiger partial charge in [0.25, 0.3) is 0 Å². The molecule has 0 heterocycles. The summed E-state index contributed by atoms with van der Waals surface area (Å²) in [6.45, 7) is 3.57. The maximum atomic E-state index is 6.07. The number of ether oxygens (including phenoxy) is 1. The van der Waals surface area contributed by atoms with Gasteiger partial charge in [0, 0.05) is 25.9 Å². The Labute approximate surface area is 112 Å². The summed E-state index contributed by atoms with van der Waals surface area (Å²) in [5, 5.41) is 0. The third-order valence-electron chi connectivity index (χ3n) is 3.57. The summed E-state index contributed by atoms with van der Waals surface area (Å²) >= 11 is 0. The van der Waals surface area contributed by atoms with Gasteiger partial charge < -0.3 is 10.5 Å². The Balaban J connectivity index is 2.14. The Bertz CT molecular complexity index is 268. The van der Waals surface area contributed by atoms with Crippen LogP contribution in [0.15, 0.2) is 16.6 Å². The molecule has 0 aromatic heterocycles. The van der Waals surface area contributed by atoms with Gasteiger partial charge in [-0.3, -0.25) is 4.99 Å². The lowest BCUT2D eigenvalue weighted by atomic mass is 9.90. The number of hydrogen-bond donors (Lipinski definition) is 1. The summed E-state index contributed by atoms with van der Waals surface area (Å²) in [7, 11) is 1.79. The molecule has 1 aliphatic carbocycles. The highest BCUT2D eigenvalue weighted by atomic mass is 16.5. The van der Waals surface area contributed by atoms with Gasteiger partial charge in [0.15, 0.2) is 0 Å². The van der Waals surface area contributed by atoms with Crippen LogP contribution in [0.4, 0.5) is 0 Å². The molecule has 0 aromatic rings. The van der Waals surface area contributed by atoms with Gasteiger partial charge in [-0.25, -0.2) is 0 Å². The Morgan fingerprint density at radius 2 is 2.11 bits per heavy atom. The number of rotatable bonds is 7. The first-order valence-corrected chi connectivity index (χ1v) is 7.17. The van der Waals surface area contributed by atoms with Crippen molar-refractivity contribution >= 4 is 6.21 Å². The van der Waals surface area contributed by atoms with Crippen LogP contribution >= 0.6 is 0 Å². The molecule has 0 bridgehead atoms. The SMILES string of the molecule is C/C=C(\C=N/C)C[C@H](N)COCC1CCCCC1. The minimum absolute atomic E-state index is 0.0813. The zero-order chi connectivity index (χ0) is 13.2. The number of nitrogens with two attached hydrogens (primary N) is 1. The summed E-state index contributed by atoms with van der Waals surface area (Å²) in [5.74, 6) is 0.768. The van der Waals surface area contributed by atoms with Gasteiger partial charge in [-0.15, -0.1) is 0 Å².